The number of hydrogen-bond donors (Lipinski definition) is 0. The van der Waals surface area contributed by atoms with Crippen LogP contribution in [0.2, 0.25) is 0 Å². The largest absolute Gasteiger partial charge is 0.452 e. The number of ketones is 1. The molecule has 1 aromatic rings. The van der Waals surface area contributed by atoms with E-state index in [0.717, 1.165) is 17.2 Å². The Bertz CT molecular complexity index is 753. The summed E-state index contributed by atoms with van der Waals surface area (Å²) in [5, 5.41) is 0. The van der Waals surface area contributed by atoms with Crippen molar-refractivity contribution in [2.24, 2.45) is 0 Å². The summed E-state index contributed by atoms with van der Waals surface area (Å²) >= 11 is 0. The maximum atomic E-state index is 11.8. The van der Waals surface area contributed by atoms with E-state index >= 15 is 0 Å². The summed E-state index contributed by atoms with van der Waals surface area (Å²) in [5.74, 6) is 4.07. The number of carbonyl (C=O) groups is 2. The third-order valence-corrected chi connectivity index (χ3v) is 3.08. The summed E-state index contributed by atoms with van der Waals surface area (Å²) in [7, 11) is 0. The molecule has 0 spiro atoms. The summed E-state index contributed by atoms with van der Waals surface area (Å²) in [5.41, 5.74) is 2.24. The van der Waals surface area contributed by atoms with E-state index in [2.05, 4.69) is 11.8 Å². The molecule has 4 heteroatoms. The molecule has 0 aliphatic carbocycles. The number of cyclic esters (lactones) is 1. The first-order valence-electron chi connectivity index (χ1n) is 7.20. The highest BCUT2D eigenvalue weighted by molar-refractivity contribution is 5.99. The molecule has 118 valence electrons. The van der Waals surface area contributed by atoms with Gasteiger partial charge in [0.15, 0.2) is 5.78 Å². The van der Waals surface area contributed by atoms with E-state index in [9.17, 15) is 9.59 Å². The van der Waals surface area contributed by atoms with Crippen LogP contribution in [0.15, 0.2) is 47.7 Å². The Morgan fingerprint density at radius 3 is 2.39 bits per heavy atom. The van der Waals surface area contributed by atoms with Crippen molar-refractivity contribution in [3.63, 3.8) is 0 Å². The predicted octanol–water partition coefficient (Wildman–Crippen LogP) is 3.06. The van der Waals surface area contributed by atoms with Gasteiger partial charge in [0.2, 0.25) is 5.79 Å². The molecule has 0 aromatic heterocycles. The lowest BCUT2D eigenvalue weighted by Gasteiger charge is -2.30. The highest BCUT2D eigenvalue weighted by atomic mass is 16.7. The minimum absolute atomic E-state index is 0.178. The molecule has 2 rings (SSSR count). The Labute approximate surface area is 135 Å². The molecule has 0 N–H and O–H groups in total. The zero-order chi connectivity index (χ0) is 17.0. The lowest BCUT2D eigenvalue weighted by atomic mass is 10.1. The van der Waals surface area contributed by atoms with E-state index in [0.29, 0.717) is 0 Å². The van der Waals surface area contributed by atoms with Crippen LogP contribution < -0.4 is 0 Å². The molecule has 0 saturated carbocycles. The fourth-order valence-electron chi connectivity index (χ4n) is 2.00. The van der Waals surface area contributed by atoms with Gasteiger partial charge in [-0.2, -0.15) is 0 Å². The van der Waals surface area contributed by atoms with Gasteiger partial charge in [-0.05, 0) is 26.0 Å². The molecule has 0 saturated heterocycles. The number of allylic oxidation sites excluding steroid dienone is 2. The molecule has 23 heavy (non-hydrogen) atoms. The third-order valence-electron chi connectivity index (χ3n) is 3.08. The van der Waals surface area contributed by atoms with Crippen molar-refractivity contribution in [3.8, 4) is 11.8 Å². The van der Waals surface area contributed by atoms with Gasteiger partial charge >= 0.3 is 5.97 Å². The van der Waals surface area contributed by atoms with Gasteiger partial charge < -0.3 is 9.47 Å². The maximum absolute atomic E-state index is 11.8. The summed E-state index contributed by atoms with van der Waals surface area (Å²) in [6, 6.07) is 7.73. The van der Waals surface area contributed by atoms with E-state index in [1.807, 2.05) is 31.2 Å². The molecule has 1 aromatic carbocycles. The van der Waals surface area contributed by atoms with Gasteiger partial charge in [0.1, 0.15) is 5.76 Å². The van der Waals surface area contributed by atoms with Gasteiger partial charge in [-0.25, -0.2) is 4.79 Å². The molecule has 0 unspecified atom stereocenters. The minimum Gasteiger partial charge on any atom is -0.452 e. The van der Waals surface area contributed by atoms with Crippen molar-refractivity contribution >= 4 is 11.8 Å². The number of aryl methyl sites for hydroxylation is 1. The van der Waals surface area contributed by atoms with Crippen LogP contribution in [-0.4, -0.2) is 17.5 Å². The standard InChI is InChI=1S/C19H18O4/c1-13-8-10-15(11-9-13)6-5-7-16(14(2)20)17-12-18(21)23-19(3,4)22-17/h7-12H,1-4H3/b16-7-. The average molecular weight is 310 g/mol. The molecule has 0 radical (unpaired) electrons. The first-order chi connectivity index (χ1) is 10.8. The minimum atomic E-state index is -1.11. The quantitative estimate of drug-likeness (QED) is 0.478. The van der Waals surface area contributed by atoms with Crippen LogP contribution in [0.4, 0.5) is 0 Å². The van der Waals surface area contributed by atoms with Crippen molar-refractivity contribution in [2.45, 2.75) is 33.5 Å². The highest BCUT2D eigenvalue weighted by Gasteiger charge is 2.32. The number of esters is 1. The number of ether oxygens (including phenoxy) is 2. The van der Waals surface area contributed by atoms with E-state index in [-0.39, 0.29) is 17.1 Å². The van der Waals surface area contributed by atoms with E-state index in [4.69, 9.17) is 9.47 Å². The number of rotatable bonds is 2. The predicted molar refractivity (Wildman–Crippen MR) is 86.2 cm³/mol. The monoisotopic (exact) mass is 310 g/mol. The smallest absolute Gasteiger partial charge is 0.337 e. The van der Waals surface area contributed by atoms with Crippen LogP contribution in [0.25, 0.3) is 0 Å². The topological polar surface area (TPSA) is 52.6 Å². The molecule has 0 bridgehead atoms. The van der Waals surface area contributed by atoms with Gasteiger partial charge in [0, 0.05) is 25.5 Å². The molecule has 1 aliphatic heterocycles. The van der Waals surface area contributed by atoms with Crippen LogP contribution in [0.3, 0.4) is 0 Å². The van der Waals surface area contributed by atoms with Crippen molar-refractivity contribution in [2.75, 3.05) is 0 Å². The molecule has 0 fully saturated rings. The van der Waals surface area contributed by atoms with Gasteiger partial charge in [-0.3, -0.25) is 4.79 Å². The molecule has 4 nitrogen and oxygen atoms in total. The molecule has 0 atom stereocenters. The number of carbonyl (C=O) groups excluding carboxylic acids is 2. The molecule has 1 heterocycles. The van der Waals surface area contributed by atoms with Crippen molar-refractivity contribution in [1.29, 1.82) is 0 Å². The maximum Gasteiger partial charge on any atom is 0.337 e. The van der Waals surface area contributed by atoms with Gasteiger partial charge in [-0.15, -0.1) is 0 Å². The van der Waals surface area contributed by atoms with Crippen molar-refractivity contribution in [1.82, 2.24) is 0 Å². The van der Waals surface area contributed by atoms with Crippen LogP contribution in [0.5, 0.6) is 0 Å². The Morgan fingerprint density at radius 2 is 1.83 bits per heavy atom. The number of benzene rings is 1. The first-order valence-corrected chi connectivity index (χ1v) is 7.20. The summed E-state index contributed by atoms with van der Waals surface area (Å²) in [4.78, 5) is 23.4. The summed E-state index contributed by atoms with van der Waals surface area (Å²) in [6.45, 7) is 6.61. The van der Waals surface area contributed by atoms with Crippen LogP contribution in [0, 0.1) is 18.8 Å². The Balaban J connectivity index is 2.31. The second-order valence-corrected chi connectivity index (χ2v) is 5.68. The number of Topliss-reactive ketones (excluding diaryl/α,β-unsaturated/α-hetero) is 1. The van der Waals surface area contributed by atoms with Crippen LogP contribution >= 0.6 is 0 Å². The molecule has 0 amide bonds. The lowest BCUT2D eigenvalue weighted by Crippen LogP contribution is -2.35. The van der Waals surface area contributed by atoms with Gasteiger partial charge in [0.05, 0.1) is 11.6 Å². The summed E-state index contributed by atoms with van der Waals surface area (Å²) in [6.07, 6.45) is 2.62. The summed E-state index contributed by atoms with van der Waals surface area (Å²) < 4.78 is 10.6. The Morgan fingerprint density at radius 1 is 1.17 bits per heavy atom. The molecular formula is C19H18O4. The fourth-order valence-corrected chi connectivity index (χ4v) is 2.00. The highest BCUT2D eigenvalue weighted by Crippen LogP contribution is 2.26. The zero-order valence-electron chi connectivity index (χ0n) is 13.6. The zero-order valence-corrected chi connectivity index (χ0v) is 13.6. The van der Waals surface area contributed by atoms with Crippen LogP contribution in [0.1, 0.15) is 31.9 Å². The second-order valence-electron chi connectivity index (χ2n) is 5.68. The first kappa shape index (κ1) is 16.6. The van der Waals surface area contributed by atoms with E-state index in [1.54, 1.807) is 13.8 Å². The van der Waals surface area contributed by atoms with Crippen molar-refractivity contribution < 1.29 is 19.1 Å². The normalized spacial score (nSPS) is 16.4. The van der Waals surface area contributed by atoms with Crippen LogP contribution in [-0.2, 0) is 19.1 Å². The Hall–Kier alpha value is -2.80. The SMILES string of the molecule is CC(=O)/C(=C/C#Cc1ccc(C)cc1)C1=CC(=O)OC(C)(C)O1. The van der Waals surface area contributed by atoms with E-state index in [1.165, 1.54) is 13.0 Å². The van der Waals surface area contributed by atoms with E-state index < -0.39 is 11.8 Å². The fraction of sp³-hybridized carbons (Fsp3) is 0.263. The second kappa shape index (κ2) is 6.53. The van der Waals surface area contributed by atoms with Gasteiger partial charge in [-0.1, -0.05) is 29.5 Å². The lowest BCUT2D eigenvalue weighted by molar-refractivity contribution is -0.203. The van der Waals surface area contributed by atoms with Gasteiger partial charge in [0.25, 0.3) is 0 Å². The number of hydrogen-bond acceptors (Lipinski definition) is 4. The third kappa shape index (κ3) is 4.58. The van der Waals surface area contributed by atoms with Crippen molar-refractivity contribution in [3.05, 3.63) is 58.9 Å². The average Bonchev–Trinajstić information content (AvgIpc) is 2.42. The Kier molecular flexibility index (Phi) is 4.71. The molecule has 1 aliphatic rings. The molecular weight excluding hydrogens is 292 g/mol.